The predicted octanol–water partition coefficient (Wildman–Crippen LogP) is 0.983. The van der Waals surface area contributed by atoms with Gasteiger partial charge in [0, 0.05) is 6.20 Å². The summed E-state index contributed by atoms with van der Waals surface area (Å²) in [5.74, 6) is -0.120. The Kier molecular flexibility index (Phi) is 4.98. The number of ether oxygens (including phenoxy) is 2. The van der Waals surface area contributed by atoms with Crippen LogP contribution in [0.3, 0.4) is 0 Å². The average Bonchev–Trinajstić information content (AvgIpc) is 2.25. The van der Waals surface area contributed by atoms with Crippen molar-refractivity contribution in [3.8, 4) is 5.75 Å². The molecule has 0 spiro atoms. The van der Waals surface area contributed by atoms with E-state index in [2.05, 4.69) is 4.98 Å². The zero-order valence-corrected chi connectivity index (χ0v) is 9.01. The molecule has 0 amide bonds. The Morgan fingerprint density at radius 1 is 1.38 bits per heavy atom. The van der Waals surface area contributed by atoms with Crippen LogP contribution < -0.4 is 4.74 Å². The molecule has 0 aliphatic rings. The molecule has 16 heavy (non-hydrogen) atoms. The monoisotopic (exact) mass is 223 g/mol. The Hall–Kier alpha value is -1.91. The lowest BCUT2D eigenvalue weighted by molar-refractivity contribution is -0.146. The van der Waals surface area contributed by atoms with Crippen molar-refractivity contribution in [2.75, 3.05) is 13.2 Å². The lowest BCUT2D eigenvalue weighted by Crippen LogP contribution is -2.14. The van der Waals surface area contributed by atoms with Crippen LogP contribution in [0.5, 0.6) is 5.75 Å². The molecule has 5 nitrogen and oxygen atoms in total. The van der Waals surface area contributed by atoms with Crippen molar-refractivity contribution in [2.45, 2.75) is 13.3 Å². The summed E-state index contributed by atoms with van der Waals surface area (Å²) in [6, 6.07) is 3.50. The van der Waals surface area contributed by atoms with Crippen LogP contribution in [0.1, 0.15) is 13.3 Å². The first-order valence-electron chi connectivity index (χ1n) is 4.86. The van der Waals surface area contributed by atoms with Gasteiger partial charge in [-0.15, -0.1) is 0 Å². The van der Waals surface area contributed by atoms with Gasteiger partial charge in [0.05, 0.1) is 6.20 Å². The zero-order chi connectivity index (χ0) is 11.8. The average molecular weight is 223 g/mol. The van der Waals surface area contributed by atoms with Crippen LogP contribution in [0.15, 0.2) is 24.5 Å². The Morgan fingerprint density at radius 3 is 2.81 bits per heavy atom. The summed E-state index contributed by atoms with van der Waals surface area (Å²) < 4.78 is 10.0. The van der Waals surface area contributed by atoms with Gasteiger partial charge in [-0.25, -0.2) is 0 Å². The Bertz CT molecular complexity index is 350. The molecular formula is C11H13NO4. The van der Waals surface area contributed by atoms with E-state index in [1.807, 2.05) is 0 Å². The molecule has 0 aliphatic heterocycles. The standard InChI is InChI=1S/C11H13NO4/c1-9(13)7-11(14)16-6-5-15-10-3-2-4-12-8-10/h2-4,8H,5-7H2,1H3. The molecule has 0 saturated heterocycles. The van der Waals surface area contributed by atoms with E-state index in [1.165, 1.54) is 6.92 Å². The van der Waals surface area contributed by atoms with E-state index >= 15 is 0 Å². The number of pyridine rings is 1. The van der Waals surface area contributed by atoms with Crippen molar-refractivity contribution >= 4 is 11.8 Å². The quantitative estimate of drug-likeness (QED) is 0.408. The molecule has 0 N–H and O–H groups in total. The molecule has 86 valence electrons. The number of nitrogens with zero attached hydrogens (tertiary/aromatic N) is 1. The van der Waals surface area contributed by atoms with Crippen molar-refractivity contribution in [3.05, 3.63) is 24.5 Å². The van der Waals surface area contributed by atoms with Crippen LogP contribution in [0.25, 0.3) is 0 Å². The Morgan fingerprint density at radius 2 is 2.19 bits per heavy atom. The van der Waals surface area contributed by atoms with Crippen LogP contribution in [0.4, 0.5) is 0 Å². The molecule has 1 heterocycles. The van der Waals surface area contributed by atoms with E-state index in [9.17, 15) is 9.59 Å². The first kappa shape index (κ1) is 12.2. The molecule has 0 fully saturated rings. The molecule has 0 saturated carbocycles. The van der Waals surface area contributed by atoms with Crippen molar-refractivity contribution in [1.82, 2.24) is 4.98 Å². The maximum atomic E-state index is 11.0. The number of carbonyl (C=O) groups is 2. The minimum atomic E-state index is -0.526. The molecule has 1 aromatic rings. The SMILES string of the molecule is CC(=O)CC(=O)OCCOc1cccnc1. The summed E-state index contributed by atoms with van der Waals surface area (Å²) in [4.78, 5) is 25.4. The summed E-state index contributed by atoms with van der Waals surface area (Å²) in [5, 5.41) is 0. The first-order valence-corrected chi connectivity index (χ1v) is 4.86. The molecule has 0 aromatic carbocycles. The number of hydrogen-bond acceptors (Lipinski definition) is 5. The van der Waals surface area contributed by atoms with E-state index in [-0.39, 0.29) is 25.4 Å². The van der Waals surface area contributed by atoms with E-state index in [4.69, 9.17) is 9.47 Å². The highest BCUT2D eigenvalue weighted by Crippen LogP contribution is 2.05. The molecule has 0 bridgehead atoms. The third-order valence-corrected chi connectivity index (χ3v) is 1.64. The van der Waals surface area contributed by atoms with Crippen LogP contribution in [0.2, 0.25) is 0 Å². The number of Topliss-reactive ketones (excluding diaryl/α,β-unsaturated/α-hetero) is 1. The molecule has 5 heteroatoms. The van der Waals surface area contributed by atoms with Gasteiger partial charge < -0.3 is 9.47 Å². The Balaban J connectivity index is 2.13. The number of rotatable bonds is 6. The van der Waals surface area contributed by atoms with Crippen LogP contribution in [-0.4, -0.2) is 30.0 Å². The normalized spacial score (nSPS) is 9.56. The van der Waals surface area contributed by atoms with Crippen LogP contribution in [-0.2, 0) is 14.3 Å². The van der Waals surface area contributed by atoms with Gasteiger partial charge in [-0.3, -0.25) is 14.6 Å². The van der Waals surface area contributed by atoms with Crippen molar-refractivity contribution in [2.24, 2.45) is 0 Å². The minimum Gasteiger partial charge on any atom is -0.488 e. The minimum absolute atomic E-state index is 0.126. The molecule has 0 atom stereocenters. The molecular weight excluding hydrogens is 210 g/mol. The number of ketones is 1. The van der Waals surface area contributed by atoms with E-state index in [1.54, 1.807) is 24.5 Å². The van der Waals surface area contributed by atoms with E-state index in [0.29, 0.717) is 5.75 Å². The molecule has 0 radical (unpaired) electrons. The Labute approximate surface area is 93.4 Å². The zero-order valence-electron chi connectivity index (χ0n) is 9.01. The summed E-state index contributed by atoms with van der Waals surface area (Å²) in [6.45, 7) is 1.71. The second-order valence-corrected chi connectivity index (χ2v) is 3.14. The maximum absolute atomic E-state index is 11.0. The highest BCUT2D eigenvalue weighted by Gasteiger charge is 2.05. The number of esters is 1. The van der Waals surface area contributed by atoms with Crippen LogP contribution in [0, 0.1) is 0 Å². The van der Waals surface area contributed by atoms with Gasteiger partial charge in [-0.1, -0.05) is 0 Å². The number of hydrogen-bond donors (Lipinski definition) is 0. The first-order chi connectivity index (χ1) is 7.68. The molecule has 1 aromatic heterocycles. The van der Waals surface area contributed by atoms with Crippen LogP contribution >= 0.6 is 0 Å². The topological polar surface area (TPSA) is 65.5 Å². The van der Waals surface area contributed by atoms with Gasteiger partial charge in [0.15, 0.2) is 0 Å². The molecule has 0 unspecified atom stereocenters. The summed E-state index contributed by atoms with van der Waals surface area (Å²) in [6.07, 6.45) is 3.02. The fourth-order valence-corrected chi connectivity index (χ4v) is 1.00. The summed E-state index contributed by atoms with van der Waals surface area (Å²) in [7, 11) is 0. The highest BCUT2D eigenvalue weighted by molar-refractivity contribution is 5.94. The molecule has 0 aliphatic carbocycles. The van der Waals surface area contributed by atoms with Gasteiger partial charge in [0.1, 0.15) is 31.2 Å². The summed E-state index contributed by atoms with van der Waals surface area (Å²) >= 11 is 0. The van der Waals surface area contributed by atoms with Gasteiger partial charge in [0.25, 0.3) is 0 Å². The van der Waals surface area contributed by atoms with Crippen molar-refractivity contribution < 1.29 is 19.1 Å². The third kappa shape index (κ3) is 5.09. The molecule has 1 rings (SSSR count). The maximum Gasteiger partial charge on any atom is 0.313 e. The second kappa shape index (κ2) is 6.55. The van der Waals surface area contributed by atoms with Gasteiger partial charge >= 0.3 is 5.97 Å². The van der Waals surface area contributed by atoms with Crippen molar-refractivity contribution in [1.29, 1.82) is 0 Å². The van der Waals surface area contributed by atoms with E-state index < -0.39 is 5.97 Å². The predicted molar refractivity (Wildman–Crippen MR) is 56.0 cm³/mol. The van der Waals surface area contributed by atoms with Crippen molar-refractivity contribution in [3.63, 3.8) is 0 Å². The summed E-state index contributed by atoms with van der Waals surface area (Å²) in [5.41, 5.74) is 0. The number of carbonyl (C=O) groups excluding carboxylic acids is 2. The number of aromatic nitrogens is 1. The fraction of sp³-hybridized carbons (Fsp3) is 0.364. The van der Waals surface area contributed by atoms with Gasteiger partial charge in [-0.05, 0) is 19.1 Å². The largest absolute Gasteiger partial charge is 0.488 e. The smallest absolute Gasteiger partial charge is 0.313 e. The third-order valence-electron chi connectivity index (χ3n) is 1.64. The van der Waals surface area contributed by atoms with Gasteiger partial charge in [0.2, 0.25) is 0 Å². The second-order valence-electron chi connectivity index (χ2n) is 3.14. The fourth-order valence-electron chi connectivity index (χ4n) is 1.00. The lowest BCUT2D eigenvalue weighted by Gasteiger charge is -2.05. The lowest BCUT2D eigenvalue weighted by atomic mass is 10.3. The van der Waals surface area contributed by atoms with E-state index in [0.717, 1.165) is 0 Å². The van der Waals surface area contributed by atoms with Gasteiger partial charge in [-0.2, -0.15) is 0 Å². The highest BCUT2D eigenvalue weighted by atomic mass is 16.6.